The van der Waals surface area contributed by atoms with E-state index < -0.39 is 0 Å². The maximum Gasteiger partial charge on any atom is 0.268 e. The lowest BCUT2D eigenvalue weighted by Gasteiger charge is -2.32. The number of hydrogen-bond donors (Lipinski definition) is 0. The number of piperazine rings is 1. The third kappa shape index (κ3) is 4.31. The number of carbonyl (C=O) groups is 2. The number of carbonyl (C=O) groups excluding carboxylic acids is 2. The van der Waals surface area contributed by atoms with Gasteiger partial charge in [-0.1, -0.05) is 23.7 Å². The molecule has 1 saturated heterocycles. The Labute approximate surface area is 208 Å². The molecule has 0 radical (unpaired) electrons. The standard InChI is InChI=1S/C26H26ClN3O3S/c1-28-10-12-30(13-11-28)25(31)18-7-8-21(20(27)15-18)29(2)26(32)23-16-17-9-14-33-22-6-4-3-5-19(22)24(17)34-23/h3-8,15-16H,9-14H2,1-2H3. The van der Waals surface area contributed by atoms with E-state index in [1.165, 1.54) is 11.3 Å². The normalized spacial score (nSPS) is 15.7. The number of likely N-dealkylation sites (N-methyl/N-ethyl adjacent to an activating group) is 1. The van der Waals surface area contributed by atoms with Gasteiger partial charge in [-0.25, -0.2) is 0 Å². The van der Waals surface area contributed by atoms with Gasteiger partial charge >= 0.3 is 0 Å². The molecule has 2 amide bonds. The van der Waals surface area contributed by atoms with Crippen LogP contribution in [-0.4, -0.2) is 68.5 Å². The van der Waals surface area contributed by atoms with Crippen molar-refractivity contribution in [2.45, 2.75) is 6.42 Å². The molecule has 176 valence electrons. The number of fused-ring (bicyclic) bond motifs is 3. The van der Waals surface area contributed by atoms with Crippen molar-refractivity contribution in [2.24, 2.45) is 0 Å². The highest BCUT2D eigenvalue weighted by molar-refractivity contribution is 7.17. The number of nitrogens with zero attached hydrogens (tertiary/aromatic N) is 3. The zero-order valence-electron chi connectivity index (χ0n) is 19.2. The van der Waals surface area contributed by atoms with Crippen molar-refractivity contribution < 1.29 is 14.3 Å². The second kappa shape index (κ2) is 9.41. The molecule has 2 aliphatic rings. The maximum atomic E-state index is 13.4. The lowest BCUT2D eigenvalue weighted by atomic mass is 10.1. The van der Waals surface area contributed by atoms with Crippen molar-refractivity contribution in [3.05, 3.63) is 69.6 Å². The second-order valence-electron chi connectivity index (χ2n) is 8.69. The number of rotatable bonds is 3. The first-order valence-corrected chi connectivity index (χ1v) is 12.5. The Bertz CT molecular complexity index is 1250. The summed E-state index contributed by atoms with van der Waals surface area (Å²) >= 11 is 8.04. The summed E-state index contributed by atoms with van der Waals surface area (Å²) in [4.78, 5) is 33.6. The summed E-state index contributed by atoms with van der Waals surface area (Å²) in [6.07, 6.45) is 0.751. The number of halogens is 1. The van der Waals surface area contributed by atoms with Crippen LogP contribution in [-0.2, 0) is 6.42 Å². The highest BCUT2D eigenvalue weighted by atomic mass is 35.5. The van der Waals surface area contributed by atoms with E-state index in [1.807, 2.05) is 35.2 Å². The van der Waals surface area contributed by atoms with Crippen molar-refractivity contribution in [3.63, 3.8) is 0 Å². The largest absolute Gasteiger partial charge is 0.493 e. The molecule has 0 spiro atoms. The Morgan fingerprint density at radius 2 is 1.82 bits per heavy atom. The predicted octanol–water partition coefficient (Wildman–Crippen LogP) is 4.67. The van der Waals surface area contributed by atoms with Crippen molar-refractivity contribution in [1.82, 2.24) is 9.80 Å². The van der Waals surface area contributed by atoms with E-state index in [9.17, 15) is 9.59 Å². The molecule has 2 aliphatic heterocycles. The molecule has 5 rings (SSSR count). The Hall–Kier alpha value is -2.87. The molecule has 0 N–H and O–H groups in total. The van der Waals surface area contributed by atoms with Crippen molar-refractivity contribution in [1.29, 1.82) is 0 Å². The summed E-state index contributed by atoms with van der Waals surface area (Å²) in [7, 11) is 3.77. The smallest absolute Gasteiger partial charge is 0.268 e. The van der Waals surface area contributed by atoms with Crippen molar-refractivity contribution >= 4 is 40.4 Å². The third-order valence-electron chi connectivity index (χ3n) is 6.43. The fourth-order valence-electron chi connectivity index (χ4n) is 4.38. The summed E-state index contributed by atoms with van der Waals surface area (Å²) in [6.45, 7) is 3.69. The monoisotopic (exact) mass is 495 g/mol. The topological polar surface area (TPSA) is 53.1 Å². The molecule has 1 fully saturated rings. The van der Waals surface area contributed by atoms with E-state index in [0.29, 0.717) is 40.8 Å². The van der Waals surface area contributed by atoms with Crippen LogP contribution in [0.15, 0.2) is 48.5 Å². The maximum absolute atomic E-state index is 13.4. The summed E-state index contributed by atoms with van der Waals surface area (Å²) in [5.74, 6) is 0.689. The van der Waals surface area contributed by atoms with Crippen LogP contribution in [0.1, 0.15) is 25.6 Å². The Balaban J connectivity index is 1.37. The van der Waals surface area contributed by atoms with Crippen LogP contribution in [0, 0.1) is 0 Å². The number of ether oxygens (including phenoxy) is 1. The minimum absolute atomic E-state index is 0.0292. The Morgan fingerprint density at radius 3 is 2.59 bits per heavy atom. The average Bonchev–Trinajstić information content (AvgIpc) is 3.19. The van der Waals surface area contributed by atoms with Crippen LogP contribution in [0.5, 0.6) is 5.75 Å². The van der Waals surface area contributed by atoms with Crippen molar-refractivity contribution in [3.8, 4) is 16.2 Å². The van der Waals surface area contributed by atoms with Gasteiger partial charge in [-0.05, 0) is 49.0 Å². The third-order valence-corrected chi connectivity index (χ3v) is 7.93. The number of thiophene rings is 1. The van der Waals surface area contributed by atoms with Gasteiger partial charge in [0.05, 0.1) is 22.2 Å². The fourth-order valence-corrected chi connectivity index (χ4v) is 5.90. The minimum atomic E-state index is -0.128. The molecule has 0 saturated carbocycles. The molecule has 2 aromatic carbocycles. The fraction of sp³-hybridized carbons (Fsp3) is 0.308. The highest BCUT2D eigenvalue weighted by Crippen LogP contribution is 2.41. The molecule has 0 bridgehead atoms. The van der Waals surface area contributed by atoms with Crippen LogP contribution in [0.2, 0.25) is 5.02 Å². The van der Waals surface area contributed by atoms with Gasteiger partial charge in [-0.2, -0.15) is 0 Å². The molecular formula is C26H26ClN3O3S. The number of benzene rings is 2. The number of para-hydroxylation sites is 1. The molecule has 0 atom stereocenters. The van der Waals surface area contributed by atoms with E-state index in [4.69, 9.17) is 16.3 Å². The van der Waals surface area contributed by atoms with Gasteiger partial charge in [-0.15, -0.1) is 11.3 Å². The molecule has 0 unspecified atom stereocenters. The van der Waals surface area contributed by atoms with E-state index in [1.54, 1.807) is 30.1 Å². The second-order valence-corrected chi connectivity index (χ2v) is 10.1. The van der Waals surface area contributed by atoms with E-state index >= 15 is 0 Å². The first-order chi connectivity index (χ1) is 16.4. The lowest BCUT2D eigenvalue weighted by Crippen LogP contribution is -2.47. The van der Waals surface area contributed by atoms with Crippen LogP contribution >= 0.6 is 22.9 Å². The number of amides is 2. The van der Waals surface area contributed by atoms with Gasteiger partial charge < -0.3 is 19.4 Å². The Morgan fingerprint density at radius 1 is 1.06 bits per heavy atom. The van der Waals surface area contributed by atoms with E-state index in [2.05, 4.69) is 11.9 Å². The lowest BCUT2D eigenvalue weighted by molar-refractivity contribution is 0.0664. The SMILES string of the molecule is CN1CCN(C(=O)c2ccc(N(C)C(=O)c3cc4c(s3)-c3ccccc3OCC4)c(Cl)c2)CC1. The molecule has 3 aromatic rings. The molecular weight excluding hydrogens is 470 g/mol. The van der Waals surface area contributed by atoms with Gasteiger partial charge in [0.2, 0.25) is 0 Å². The van der Waals surface area contributed by atoms with Gasteiger partial charge in [0, 0.05) is 55.7 Å². The first kappa shape index (κ1) is 22.9. The zero-order chi connectivity index (χ0) is 23.8. The van der Waals surface area contributed by atoms with Crippen LogP contribution in [0.4, 0.5) is 5.69 Å². The zero-order valence-corrected chi connectivity index (χ0v) is 20.8. The van der Waals surface area contributed by atoms with E-state index in [-0.39, 0.29) is 11.8 Å². The van der Waals surface area contributed by atoms with E-state index in [0.717, 1.165) is 41.3 Å². The van der Waals surface area contributed by atoms with Crippen LogP contribution in [0.3, 0.4) is 0 Å². The molecule has 8 heteroatoms. The molecule has 34 heavy (non-hydrogen) atoms. The van der Waals surface area contributed by atoms with Gasteiger partial charge in [-0.3, -0.25) is 9.59 Å². The molecule has 0 aliphatic carbocycles. The molecule has 1 aromatic heterocycles. The first-order valence-electron chi connectivity index (χ1n) is 11.3. The van der Waals surface area contributed by atoms with Gasteiger partial charge in [0.15, 0.2) is 0 Å². The Kier molecular flexibility index (Phi) is 6.34. The quantitative estimate of drug-likeness (QED) is 0.530. The summed E-state index contributed by atoms with van der Waals surface area (Å²) in [5, 5.41) is 0.382. The summed E-state index contributed by atoms with van der Waals surface area (Å²) in [6, 6.07) is 15.1. The van der Waals surface area contributed by atoms with Gasteiger partial charge in [0.25, 0.3) is 11.8 Å². The number of anilines is 1. The molecule has 3 heterocycles. The number of hydrogen-bond acceptors (Lipinski definition) is 5. The minimum Gasteiger partial charge on any atom is -0.493 e. The van der Waals surface area contributed by atoms with Crippen molar-refractivity contribution in [2.75, 3.05) is 51.8 Å². The summed E-state index contributed by atoms with van der Waals surface area (Å²) < 4.78 is 5.86. The van der Waals surface area contributed by atoms with Crippen LogP contribution in [0.25, 0.3) is 10.4 Å². The highest BCUT2D eigenvalue weighted by Gasteiger charge is 2.25. The van der Waals surface area contributed by atoms with Crippen LogP contribution < -0.4 is 9.64 Å². The van der Waals surface area contributed by atoms with Gasteiger partial charge in [0.1, 0.15) is 5.75 Å². The molecule has 6 nitrogen and oxygen atoms in total. The predicted molar refractivity (Wildman–Crippen MR) is 137 cm³/mol. The average molecular weight is 496 g/mol. The summed E-state index contributed by atoms with van der Waals surface area (Å²) in [5.41, 5.74) is 3.25.